The van der Waals surface area contributed by atoms with Gasteiger partial charge in [-0.05, 0) is 6.42 Å². The van der Waals surface area contributed by atoms with E-state index in [0.717, 1.165) is 12.8 Å². The van der Waals surface area contributed by atoms with Gasteiger partial charge in [0.25, 0.3) is 0 Å². The molecule has 0 amide bonds. The summed E-state index contributed by atoms with van der Waals surface area (Å²) in [7, 11) is 0. The molecule has 0 bridgehead atoms. The molecule has 0 aromatic heterocycles. The van der Waals surface area contributed by atoms with Crippen molar-refractivity contribution in [3.05, 3.63) is 4.91 Å². The van der Waals surface area contributed by atoms with E-state index in [0.29, 0.717) is 0 Å². The third-order valence-corrected chi connectivity index (χ3v) is 2.68. The quantitative estimate of drug-likeness (QED) is 0.530. The second kappa shape index (κ2) is 4.21. The smallest absolute Gasteiger partial charge is 0.0683 e. The summed E-state index contributed by atoms with van der Waals surface area (Å²) < 4.78 is 1.27. The number of nitrogens with zero attached hydrogens (tertiary/aromatic N) is 1. The van der Waals surface area contributed by atoms with Crippen LogP contribution in [-0.4, -0.2) is 15.8 Å². The van der Waals surface area contributed by atoms with Gasteiger partial charge in [-0.3, -0.25) is 0 Å². The van der Waals surface area contributed by atoms with Crippen LogP contribution in [0.2, 0.25) is 0 Å². The largest absolute Gasteiger partial charge is 0.205 e. The highest BCUT2D eigenvalue weighted by Gasteiger charge is 2.49. The predicted octanol–water partition coefficient (Wildman–Crippen LogP) is 3.53. The first-order valence-electron chi connectivity index (χ1n) is 5.34. The van der Waals surface area contributed by atoms with Crippen LogP contribution >= 0.6 is 0 Å². The van der Waals surface area contributed by atoms with E-state index in [9.17, 15) is 4.91 Å². The second-order valence-electron chi connectivity index (χ2n) is 4.77. The van der Waals surface area contributed by atoms with Crippen molar-refractivity contribution < 1.29 is 4.76 Å². The van der Waals surface area contributed by atoms with Crippen molar-refractivity contribution in [3.63, 3.8) is 0 Å². The monoisotopic (exact) mass is 186 g/mol. The zero-order chi connectivity index (χ0) is 10.7. The first kappa shape index (κ1) is 12.6. The van der Waals surface area contributed by atoms with Crippen molar-refractivity contribution in [2.24, 2.45) is 0 Å². The lowest BCUT2D eigenvalue weighted by Crippen LogP contribution is -2.50. The molecule has 0 aliphatic carbocycles. The third-order valence-electron chi connectivity index (χ3n) is 2.68. The molecule has 0 saturated carbocycles. The third kappa shape index (κ3) is 2.78. The minimum Gasteiger partial charge on any atom is -0.0683 e. The van der Waals surface area contributed by atoms with E-state index < -0.39 is 0 Å². The maximum Gasteiger partial charge on any atom is 0.205 e. The first-order valence-corrected chi connectivity index (χ1v) is 5.34. The summed E-state index contributed by atoms with van der Waals surface area (Å²) in [6.45, 7) is 12.1. The van der Waals surface area contributed by atoms with E-state index in [1.54, 1.807) is 0 Å². The molecule has 13 heavy (non-hydrogen) atoms. The van der Waals surface area contributed by atoms with E-state index in [4.69, 9.17) is 0 Å². The van der Waals surface area contributed by atoms with Crippen LogP contribution in [0.1, 0.15) is 60.8 Å². The van der Waals surface area contributed by atoms with E-state index in [1.807, 2.05) is 41.5 Å². The summed E-state index contributed by atoms with van der Waals surface area (Å²) in [6.07, 6.45) is 3.23. The average Bonchev–Trinajstić information content (AvgIpc) is 2.04. The maximum atomic E-state index is 11.7. The van der Waals surface area contributed by atoms with Gasteiger partial charge in [0, 0.05) is 50.2 Å². The van der Waals surface area contributed by atoms with Gasteiger partial charge in [-0.15, -0.1) is 0 Å². The van der Waals surface area contributed by atoms with Crippen LogP contribution in [0.3, 0.4) is 0 Å². The van der Waals surface area contributed by atoms with Crippen LogP contribution in [0.25, 0.3) is 0 Å². The van der Waals surface area contributed by atoms with Gasteiger partial charge in [0.05, 0.1) is 0 Å². The molecular weight excluding hydrogens is 162 g/mol. The summed E-state index contributed by atoms with van der Waals surface area (Å²) in [5.74, 6) is 0. The number of hydrogen-bond donors (Lipinski definition) is 0. The molecule has 1 fully saturated rings. The van der Waals surface area contributed by atoms with Gasteiger partial charge >= 0.3 is 0 Å². The van der Waals surface area contributed by atoms with Crippen LogP contribution in [0, 0.1) is 4.91 Å². The average molecular weight is 186 g/mol. The van der Waals surface area contributed by atoms with Gasteiger partial charge in [-0.25, -0.2) is 0 Å². The van der Waals surface area contributed by atoms with Crippen molar-refractivity contribution in [1.29, 1.82) is 0 Å². The summed E-state index contributed by atoms with van der Waals surface area (Å²) in [6, 6.07) is 0. The lowest BCUT2D eigenvalue weighted by atomic mass is 9.83. The van der Waals surface area contributed by atoms with E-state index in [1.165, 1.54) is 11.2 Å². The topological polar surface area (TPSA) is 20.1 Å². The molecule has 1 aliphatic rings. The summed E-state index contributed by atoms with van der Waals surface area (Å²) >= 11 is 0. The van der Waals surface area contributed by atoms with Crippen molar-refractivity contribution in [3.8, 4) is 0 Å². The second-order valence-corrected chi connectivity index (χ2v) is 4.77. The molecule has 0 aromatic rings. The van der Waals surface area contributed by atoms with Crippen molar-refractivity contribution in [1.82, 2.24) is 0 Å². The van der Waals surface area contributed by atoms with Crippen LogP contribution in [0.15, 0.2) is 0 Å². The number of nitroso groups, excluding NO2 is 1. The van der Waals surface area contributed by atoms with Gasteiger partial charge < -0.3 is 0 Å². The van der Waals surface area contributed by atoms with Crippen molar-refractivity contribution >= 4 is 0 Å². The highest BCUT2D eigenvalue weighted by atomic mass is 16.3. The molecule has 0 radical (unpaired) electrons. The van der Waals surface area contributed by atoms with Crippen LogP contribution in [-0.2, 0) is 0 Å². The Bertz CT molecular complexity index is 165. The van der Waals surface area contributed by atoms with Gasteiger partial charge in [-0.1, -0.05) is 13.8 Å². The standard InChI is InChI=1S/C9H18NO.C2H6/c1-8(2)6-5-7-9(3,4)10(8)11;1-2/h5-7H2,1-4H3;1-2H3/q+1;. The molecular formula is C11H24NO+. The molecule has 1 heterocycles. The Balaban J connectivity index is 0.000000671. The highest BCUT2D eigenvalue weighted by molar-refractivity contribution is 4.80. The molecule has 2 heteroatoms. The Labute approximate surface area is 82.3 Å². The highest BCUT2D eigenvalue weighted by Crippen LogP contribution is 2.33. The van der Waals surface area contributed by atoms with Crippen LogP contribution in [0.4, 0.5) is 0 Å². The first-order chi connectivity index (χ1) is 5.86. The Morgan fingerprint density at radius 3 is 1.46 bits per heavy atom. The number of hydrogen-bond acceptors (Lipinski definition) is 1. The van der Waals surface area contributed by atoms with E-state index in [2.05, 4.69) is 0 Å². The van der Waals surface area contributed by atoms with Gasteiger partial charge in [0.2, 0.25) is 11.1 Å². The normalized spacial score (nSPS) is 24.6. The molecule has 0 spiro atoms. The van der Waals surface area contributed by atoms with E-state index >= 15 is 0 Å². The van der Waals surface area contributed by atoms with Gasteiger partial charge in [-0.2, -0.15) is 0 Å². The Hall–Kier alpha value is -0.400. The molecule has 0 aromatic carbocycles. The maximum absolute atomic E-state index is 11.7. The minimum absolute atomic E-state index is 0.151. The zero-order valence-electron chi connectivity index (χ0n) is 9.98. The fraction of sp³-hybridized carbons (Fsp3) is 1.00. The Morgan fingerprint density at radius 2 is 1.23 bits per heavy atom. The molecule has 1 aliphatic heterocycles. The molecule has 1 rings (SSSR count). The van der Waals surface area contributed by atoms with Crippen molar-refractivity contribution in [2.45, 2.75) is 71.9 Å². The summed E-state index contributed by atoms with van der Waals surface area (Å²) in [5.41, 5.74) is -0.302. The number of piperidine rings is 1. The summed E-state index contributed by atoms with van der Waals surface area (Å²) in [5, 5.41) is 0. The molecule has 0 N–H and O–H groups in total. The van der Waals surface area contributed by atoms with Crippen molar-refractivity contribution in [2.75, 3.05) is 0 Å². The Morgan fingerprint density at radius 1 is 0.923 bits per heavy atom. The van der Waals surface area contributed by atoms with Gasteiger partial charge in [0.1, 0.15) is 0 Å². The molecule has 1 saturated heterocycles. The van der Waals surface area contributed by atoms with E-state index in [-0.39, 0.29) is 11.1 Å². The molecule has 0 atom stereocenters. The summed E-state index contributed by atoms with van der Waals surface area (Å²) in [4.78, 5) is 11.7. The molecule has 2 nitrogen and oxygen atoms in total. The van der Waals surface area contributed by atoms with Gasteiger partial charge in [0.15, 0.2) is 0 Å². The molecule has 78 valence electrons. The predicted molar refractivity (Wildman–Crippen MR) is 57.0 cm³/mol. The fourth-order valence-electron chi connectivity index (χ4n) is 1.98. The van der Waals surface area contributed by atoms with Crippen LogP contribution in [0.5, 0.6) is 0 Å². The molecule has 0 unspecified atom stereocenters. The number of rotatable bonds is 0. The Kier molecular flexibility index (Phi) is 4.08. The SMILES string of the molecule is CC.CC1(C)CCCC(C)(C)[N+]1=O. The zero-order valence-corrected chi connectivity index (χ0v) is 9.98. The lowest BCUT2D eigenvalue weighted by molar-refractivity contribution is -0.692. The van der Waals surface area contributed by atoms with Crippen LogP contribution < -0.4 is 0 Å². The minimum atomic E-state index is -0.151. The lowest BCUT2D eigenvalue weighted by Gasteiger charge is -2.31. The fourth-order valence-corrected chi connectivity index (χ4v) is 1.98.